The number of aryl methyl sites for hydroxylation is 1. The number of hydrogen-bond acceptors (Lipinski definition) is 3. The molecular weight excluding hydrogens is 240 g/mol. The largest absolute Gasteiger partial charge is 0.412 e. The summed E-state index contributed by atoms with van der Waals surface area (Å²) in [7, 11) is 0. The van der Waals surface area contributed by atoms with Crippen LogP contribution in [-0.2, 0) is 6.54 Å². The van der Waals surface area contributed by atoms with Gasteiger partial charge in [0.05, 0.1) is 0 Å². The van der Waals surface area contributed by atoms with Crippen molar-refractivity contribution in [3.05, 3.63) is 59.7 Å². The lowest BCUT2D eigenvalue weighted by atomic mass is 10.2. The van der Waals surface area contributed by atoms with E-state index in [0.717, 1.165) is 11.1 Å². The first kappa shape index (κ1) is 13.0. The number of carbonyl (C=O) groups excluding carboxylic acids is 1. The zero-order chi connectivity index (χ0) is 13.7. The van der Waals surface area contributed by atoms with Gasteiger partial charge in [-0.05, 0) is 24.1 Å². The van der Waals surface area contributed by atoms with Crippen molar-refractivity contribution in [2.45, 2.75) is 13.5 Å². The number of amides is 1. The predicted molar refractivity (Wildman–Crippen MR) is 74.9 cm³/mol. The average molecular weight is 256 g/mol. The molecule has 0 saturated heterocycles. The number of benzene rings is 2. The summed E-state index contributed by atoms with van der Waals surface area (Å²) in [5.41, 5.74) is 8.33. The lowest BCUT2D eigenvalue weighted by Crippen LogP contribution is -2.26. The van der Waals surface area contributed by atoms with Gasteiger partial charge in [-0.1, -0.05) is 36.4 Å². The van der Waals surface area contributed by atoms with E-state index in [1.807, 2.05) is 43.3 Å². The standard InChI is InChI=1S/C15H16N2O2/c1-11-7-8-13(9-14(11)16)19-15(18)17-10-12-5-3-2-4-6-12/h2-9H,10,16H2,1H3,(H,17,18). The molecule has 0 atom stereocenters. The van der Waals surface area contributed by atoms with Gasteiger partial charge in [0, 0.05) is 18.3 Å². The zero-order valence-corrected chi connectivity index (χ0v) is 10.7. The summed E-state index contributed by atoms with van der Waals surface area (Å²) in [6.45, 7) is 2.33. The third-order valence-corrected chi connectivity index (χ3v) is 2.74. The molecule has 1 amide bonds. The lowest BCUT2D eigenvalue weighted by molar-refractivity contribution is 0.200. The minimum absolute atomic E-state index is 0.432. The van der Waals surface area contributed by atoms with Gasteiger partial charge in [-0.15, -0.1) is 0 Å². The molecule has 3 N–H and O–H groups in total. The second-order valence-corrected chi connectivity index (χ2v) is 4.25. The normalized spacial score (nSPS) is 9.95. The molecule has 0 radical (unpaired) electrons. The molecule has 2 rings (SSSR count). The molecule has 0 aliphatic heterocycles. The summed E-state index contributed by atoms with van der Waals surface area (Å²) in [5, 5.41) is 2.68. The van der Waals surface area contributed by atoms with Gasteiger partial charge in [0.15, 0.2) is 0 Å². The number of hydrogen-bond donors (Lipinski definition) is 2. The highest BCUT2D eigenvalue weighted by atomic mass is 16.6. The van der Waals surface area contributed by atoms with E-state index in [1.165, 1.54) is 0 Å². The van der Waals surface area contributed by atoms with Crippen LogP contribution in [0, 0.1) is 6.92 Å². The Morgan fingerprint density at radius 1 is 1.21 bits per heavy atom. The monoisotopic (exact) mass is 256 g/mol. The minimum Gasteiger partial charge on any atom is -0.410 e. The molecule has 98 valence electrons. The van der Waals surface area contributed by atoms with Crippen molar-refractivity contribution in [1.82, 2.24) is 5.32 Å². The molecule has 0 aromatic heterocycles. The zero-order valence-electron chi connectivity index (χ0n) is 10.7. The fourth-order valence-corrected chi connectivity index (χ4v) is 1.60. The number of nitrogen functional groups attached to an aromatic ring is 1. The second-order valence-electron chi connectivity index (χ2n) is 4.25. The Labute approximate surface area is 112 Å². The van der Waals surface area contributed by atoms with Gasteiger partial charge in [0.25, 0.3) is 0 Å². The van der Waals surface area contributed by atoms with E-state index >= 15 is 0 Å². The highest BCUT2D eigenvalue weighted by molar-refractivity contribution is 5.71. The maximum Gasteiger partial charge on any atom is 0.412 e. The predicted octanol–water partition coefficient (Wildman–Crippen LogP) is 2.87. The highest BCUT2D eigenvalue weighted by Gasteiger charge is 2.05. The van der Waals surface area contributed by atoms with Crippen LogP contribution in [0.3, 0.4) is 0 Å². The average Bonchev–Trinajstić information content (AvgIpc) is 2.42. The van der Waals surface area contributed by atoms with Crippen LogP contribution >= 0.6 is 0 Å². The van der Waals surface area contributed by atoms with E-state index in [0.29, 0.717) is 18.0 Å². The van der Waals surface area contributed by atoms with Crippen LogP contribution in [0.2, 0.25) is 0 Å². The van der Waals surface area contributed by atoms with Crippen LogP contribution in [-0.4, -0.2) is 6.09 Å². The highest BCUT2D eigenvalue weighted by Crippen LogP contribution is 2.18. The van der Waals surface area contributed by atoms with Crippen LogP contribution in [0.25, 0.3) is 0 Å². The van der Waals surface area contributed by atoms with Gasteiger partial charge in [-0.2, -0.15) is 0 Å². The van der Waals surface area contributed by atoms with Gasteiger partial charge in [0.2, 0.25) is 0 Å². The molecule has 0 fully saturated rings. The van der Waals surface area contributed by atoms with Crippen LogP contribution in [0.4, 0.5) is 10.5 Å². The molecule has 4 nitrogen and oxygen atoms in total. The van der Waals surface area contributed by atoms with Crippen molar-refractivity contribution >= 4 is 11.8 Å². The second kappa shape index (κ2) is 5.91. The third-order valence-electron chi connectivity index (χ3n) is 2.74. The van der Waals surface area contributed by atoms with Gasteiger partial charge in [-0.3, -0.25) is 0 Å². The number of nitrogens with two attached hydrogens (primary N) is 1. The Morgan fingerprint density at radius 2 is 1.95 bits per heavy atom. The van der Waals surface area contributed by atoms with E-state index < -0.39 is 6.09 Å². The van der Waals surface area contributed by atoms with Gasteiger partial charge < -0.3 is 15.8 Å². The SMILES string of the molecule is Cc1ccc(OC(=O)NCc2ccccc2)cc1N. The molecule has 0 saturated carbocycles. The van der Waals surface area contributed by atoms with Crippen molar-refractivity contribution in [2.24, 2.45) is 0 Å². The van der Waals surface area contributed by atoms with Crippen molar-refractivity contribution in [3.8, 4) is 5.75 Å². The summed E-state index contributed by atoms with van der Waals surface area (Å²) >= 11 is 0. The van der Waals surface area contributed by atoms with Gasteiger partial charge in [-0.25, -0.2) is 4.79 Å². The van der Waals surface area contributed by atoms with Crippen molar-refractivity contribution < 1.29 is 9.53 Å². The number of carbonyl (C=O) groups is 1. The Balaban J connectivity index is 1.89. The molecule has 0 unspecified atom stereocenters. The Morgan fingerprint density at radius 3 is 2.63 bits per heavy atom. The summed E-state index contributed by atoms with van der Waals surface area (Å²) in [6, 6.07) is 14.8. The van der Waals surface area contributed by atoms with E-state index in [9.17, 15) is 4.79 Å². The summed E-state index contributed by atoms with van der Waals surface area (Å²) in [4.78, 5) is 11.6. The summed E-state index contributed by atoms with van der Waals surface area (Å²) < 4.78 is 5.14. The molecule has 0 heterocycles. The number of rotatable bonds is 3. The lowest BCUT2D eigenvalue weighted by Gasteiger charge is -2.08. The van der Waals surface area contributed by atoms with Crippen LogP contribution in [0.5, 0.6) is 5.75 Å². The minimum atomic E-state index is -0.493. The first-order valence-corrected chi connectivity index (χ1v) is 6.01. The molecule has 2 aromatic rings. The fraction of sp³-hybridized carbons (Fsp3) is 0.133. The maximum absolute atomic E-state index is 11.6. The van der Waals surface area contributed by atoms with Crippen molar-refractivity contribution in [1.29, 1.82) is 0 Å². The first-order valence-electron chi connectivity index (χ1n) is 6.01. The molecule has 2 aromatic carbocycles. The number of ether oxygens (including phenoxy) is 1. The van der Waals surface area contributed by atoms with Crippen LogP contribution in [0.15, 0.2) is 48.5 Å². The number of anilines is 1. The smallest absolute Gasteiger partial charge is 0.410 e. The van der Waals surface area contributed by atoms with Gasteiger partial charge >= 0.3 is 6.09 Å². The Kier molecular flexibility index (Phi) is 4.03. The Hall–Kier alpha value is -2.49. The molecule has 0 spiro atoms. The first-order chi connectivity index (χ1) is 9.15. The molecule has 0 aliphatic rings. The van der Waals surface area contributed by atoms with Crippen molar-refractivity contribution in [3.63, 3.8) is 0 Å². The van der Waals surface area contributed by atoms with E-state index in [2.05, 4.69) is 5.32 Å². The molecule has 19 heavy (non-hydrogen) atoms. The maximum atomic E-state index is 11.6. The quantitative estimate of drug-likeness (QED) is 0.830. The summed E-state index contributed by atoms with van der Waals surface area (Å²) in [6.07, 6.45) is -0.493. The Bertz CT molecular complexity index is 568. The fourth-order valence-electron chi connectivity index (χ4n) is 1.60. The van der Waals surface area contributed by atoms with Crippen molar-refractivity contribution in [2.75, 3.05) is 5.73 Å². The topological polar surface area (TPSA) is 64.3 Å². The molecule has 0 bridgehead atoms. The summed E-state index contributed by atoms with van der Waals surface area (Å²) in [5.74, 6) is 0.439. The molecule has 0 aliphatic carbocycles. The van der Waals surface area contributed by atoms with Crippen LogP contribution < -0.4 is 15.8 Å². The third kappa shape index (κ3) is 3.74. The van der Waals surface area contributed by atoms with Crippen LogP contribution in [0.1, 0.15) is 11.1 Å². The molecular formula is C15H16N2O2. The van der Waals surface area contributed by atoms with Gasteiger partial charge in [0.1, 0.15) is 5.75 Å². The van der Waals surface area contributed by atoms with E-state index in [1.54, 1.807) is 12.1 Å². The number of nitrogens with one attached hydrogen (secondary N) is 1. The molecule has 4 heteroatoms. The van der Waals surface area contributed by atoms with E-state index in [-0.39, 0.29) is 0 Å². The van der Waals surface area contributed by atoms with E-state index in [4.69, 9.17) is 10.5 Å².